The molecule has 4 rings (SSSR count). The van der Waals surface area contributed by atoms with E-state index in [1.807, 2.05) is 44.0 Å². The Bertz CT molecular complexity index is 1390. The van der Waals surface area contributed by atoms with Crippen LogP contribution in [0.2, 0.25) is 5.02 Å². The van der Waals surface area contributed by atoms with Crippen LogP contribution in [0.1, 0.15) is 23.1 Å². The number of anilines is 1. The van der Waals surface area contributed by atoms with Crippen molar-refractivity contribution in [1.29, 1.82) is 0 Å². The Balaban J connectivity index is 1.58. The molecule has 0 aromatic heterocycles. The molecule has 1 aliphatic rings. The van der Waals surface area contributed by atoms with Gasteiger partial charge in [-0.3, -0.25) is 4.72 Å². The average molecular weight is 571 g/mol. The van der Waals surface area contributed by atoms with Crippen LogP contribution in [0.5, 0.6) is 5.75 Å². The van der Waals surface area contributed by atoms with Gasteiger partial charge in [0.25, 0.3) is 10.0 Å². The summed E-state index contributed by atoms with van der Waals surface area (Å²) in [5, 5.41) is 0.00103. The van der Waals surface area contributed by atoms with Crippen LogP contribution in [0.15, 0.2) is 69.3 Å². The van der Waals surface area contributed by atoms with Crippen LogP contribution in [-0.4, -0.2) is 39.6 Å². The average Bonchev–Trinajstić information content (AvgIpc) is 3.19. The smallest absolute Gasteiger partial charge is 0.419 e. The van der Waals surface area contributed by atoms with E-state index in [-0.39, 0.29) is 15.6 Å². The highest BCUT2D eigenvalue weighted by atomic mass is 35.5. The molecule has 0 spiro atoms. The lowest BCUT2D eigenvalue weighted by atomic mass is 10.1. The largest absolute Gasteiger partial charge is 0.488 e. The fourth-order valence-corrected chi connectivity index (χ4v) is 6.81. The predicted octanol–water partition coefficient (Wildman–Crippen LogP) is 7.01. The first-order chi connectivity index (χ1) is 17.3. The fraction of sp³-hybridized carbons (Fsp3) is 0.308. The van der Waals surface area contributed by atoms with Gasteiger partial charge in [-0.1, -0.05) is 41.6 Å². The lowest BCUT2D eigenvalue weighted by Crippen LogP contribution is -2.23. The topological polar surface area (TPSA) is 58.6 Å². The SMILES string of the molecule is Cc1cccc(C)c1Sc1ccc(S(=O)(=O)Nc2ccc(C(F)(F)F)c(O[C@@H]3CCN(C)C3)c2)c(Cl)c1. The first-order valence-electron chi connectivity index (χ1n) is 11.5. The molecule has 1 aliphatic heterocycles. The van der Waals surface area contributed by atoms with Gasteiger partial charge >= 0.3 is 6.18 Å². The number of nitrogens with zero attached hydrogens (tertiary/aromatic N) is 1. The van der Waals surface area contributed by atoms with Gasteiger partial charge < -0.3 is 9.64 Å². The lowest BCUT2D eigenvalue weighted by Gasteiger charge is -2.19. The molecule has 0 saturated carbocycles. The highest BCUT2D eigenvalue weighted by Gasteiger charge is 2.36. The molecule has 198 valence electrons. The van der Waals surface area contributed by atoms with Crippen molar-refractivity contribution in [2.75, 3.05) is 24.9 Å². The van der Waals surface area contributed by atoms with E-state index in [2.05, 4.69) is 4.72 Å². The van der Waals surface area contributed by atoms with Crippen molar-refractivity contribution >= 4 is 39.1 Å². The maximum absolute atomic E-state index is 13.6. The zero-order valence-electron chi connectivity index (χ0n) is 20.4. The second-order valence-corrected chi connectivity index (χ2v) is 12.2. The number of ether oxygens (including phenoxy) is 1. The quantitative estimate of drug-likeness (QED) is 0.331. The number of nitrogens with one attached hydrogen (secondary N) is 1. The molecule has 0 aliphatic carbocycles. The Morgan fingerprint density at radius 1 is 1.08 bits per heavy atom. The summed E-state index contributed by atoms with van der Waals surface area (Å²) in [5.74, 6) is -0.417. The van der Waals surface area contributed by atoms with Gasteiger partial charge in [0, 0.05) is 28.9 Å². The highest BCUT2D eigenvalue weighted by molar-refractivity contribution is 7.99. The molecule has 1 atom stereocenters. The normalized spacial score (nSPS) is 16.7. The van der Waals surface area contributed by atoms with Crippen LogP contribution in [0.3, 0.4) is 0 Å². The minimum atomic E-state index is -4.65. The summed E-state index contributed by atoms with van der Waals surface area (Å²) in [4.78, 5) is 3.58. The molecule has 1 heterocycles. The number of likely N-dealkylation sites (N-methyl/N-ethyl adjacent to an activating group) is 1. The summed E-state index contributed by atoms with van der Waals surface area (Å²) in [7, 11) is -2.33. The van der Waals surface area contributed by atoms with Crippen molar-refractivity contribution in [3.63, 3.8) is 0 Å². The van der Waals surface area contributed by atoms with E-state index in [1.54, 1.807) is 12.1 Å². The van der Waals surface area contributed by atoms with E-state index in [0.717, 1.165) is 39.1 Å². The Labute approximate surface area is 224 Å². The second-order valence-electron chi connectivity index (χ2n) is 9.02. The Hall–Kier alpha value is -2.40. The monoisotopic (exact) mass is 570 g/mol. The molecule has 3 aromatic rings. The fourth-order valence-electron chi connectivity index (χ4n) is 4.14. The Morgan fingerprint density at radius 3 is 2.38 bits per heavy atom. The summed E-state index contributed by atoms with van der Waals surface area (Å²) in [5.41, 5.74) is 1.16. The van der Waals surface area contributed by atoms with Crippen LogP contribution in [0.25, 0.3) is 0 Å². The highest BCUT2D eigenvalue weighted by Crippen LogP contribution is 2.40. The van der Waals surface area contributed by atoms with E-state index in [1.165, 1.54) is 17.8 Å². The van der Waals surface area contributed by atoms with Crippen LogP contribution < -0.4 is 9.46 Å². The number of halogens is 4. The van der Waals surface area contributed by atoms with Gasteiger partial charge in [-0.25, -0.2) is 8.42 Å². The molecule has 0 bridgehead atoms. The molecule has 5 nitrogen and oxygen atoms in total. The number of aryl methyl sites for hydroxylation is 2. The molecule has 0 radical (unpaired) electrons. The second kappa shape index (κ2) is 10.8. The maximum Gasteiger partial charge on any atom is 0.419 e. The minimum absolute atomic E-state index is 0.00103. The van der Waals surface area contributed by atoms with Gasteiger partial charge in [-0.15, -0.1) is 0 Å². The molecule has 1 saturated heterocycles. The molecular formula is C26H26ClF3N2O3S2. The molecule has 37 heavy (non-hydrogen) atoms. The zero-order valence-corrected chi connectivity index (χ0v) is 22.8. The summed E-state index contributed by atoms with van der Waals surface area (Å²) >= 11 is 7.83. The molecular weight excluding hydrogens is 545 g/mol. The third-order valence-electron chi connectivity index (χ3n) is 6.00. The van der Waals surface area contributed by atoms with Crippen molar-refractivity contribution in [2.24, 2.45) is 0 Å². The van der Waals surface area contributed by atoms with Gasteiger partial charge in [-0.2, -0.15) is 13.2 Å². The van der Waals surface area contributed by atoms with E-state index in [4.69, 9.17) is 16.3 Å². The number of hydrogen-bond acceptors (Lipinski definition) is 5. The molecule has 11 heteroatoms. The number of alkyl halides is 3. The van der Waals surface area contributed by atoms with Crippen molar-refractivity contribution in [3.8, 4) is 5.75 Å². The lowest BCUT2D eigenvalue weighted by molar-refractivity contribution is -0.139. The van der Waals surface area contributed by atoms with Crippen molar-refractivity contribution < 1.29 is 26.3 Å². The summed E-state index contributed by atoms with van der Waals surface area (Å²) in [6.07, 6.45) is -4.50. The third-order valence-corrected chi connectivity index (χ3v) is 9.20. The number of hydrogen-bond donors (Lipinski definition) is 1. The molecule has 1 N–H and O–H groups in total. The van der Waals surface area contributed by atoms with Crippen LogP contribution in [0, 0.1) is 13.8 Å². The molecule has 1 fully saturated rings. The summed E-state index contributed by atoms with van der Waals surface area (Å²) in [6.45, 7) is 5.17. The first kappa shape index (κ1) is 27.6. The minimum Gasteiger partial charge on any atom is -0.488 e. The molecule has 3 aromatic carbocycles. The van der Waals surface area contributed by atoms with Crippen LogP contribution in [0.4, 0.5) is 18.9 Å². The van der Waals surface area contributed by atoms with Gasteiger partial charge in [0.15, 0.2) is 0 Å². The Kier molecular flexibility index (Phi) is 8.04. The summed E-state index contributed by atoms with van der Waals surface area (Å²) in [6, 6.07) is 13.5. The van der Waals surface area contributed by atoms with Gasteiger partial charge in [0.2, 0.25) is 0 Å². The first-order valence-corrected chi connectivity index (χ1v) is 14.1. The Morgan fingerprint density at radius 2 is 1.78 bits per heavy atom. The van der Waals surface area contributed by atoms with Crippen LogP contribution >= 0.6 is 23.4 Å². The van der Waals surface area contributed by atoms with E-state index in [0.29, 0.717) is 19.5 Å². The van der Waals surface area contributed by atoms with Crippen molar-refractivity contribution in [3.05, 3.63) is 76.3 Å². The maximum atomic E-state index is 13.6. The van der Waals surface area contributed by atoms with Gasteiger partial charge in [0.1, 0.15) is 16.7 Å². The number of sulfonamides is 1. The third kappa shape index (κ3) is 6.54. The zero-order chi connectivity index (χ0) is 27.0. The van der Waals surface area contributed by atoms with Gasteiger partial charge in [-0.05, 0) is 68.8 Å². The van der Waals surface area contributed by atoms with Gasteiger partial charge in [0.05, 0.1) is 16.3 Å². The van der Waals surface area contributed by atoms with Crippen LogP contribution in [-0.2, 0) is 16.2 Å². The number of benzene rings is 3. The van der Waals surface area contributed by atoms with Crippen molar-refractivity contribution in [1.82, 2.24) is 4.90 Å². The van der Waals surface area contributed by atoms with E-state index >= 15 is 0 Å². The summed E-state index contributed by atoms with van der Waals surface area (Å²) < 4.78 is 75.0. The van der Waals surface area contributed by atoms with E-state index < -0.39 is 33.6 Å². The van der Waals surface area contributed by atoms with E-state index in [9.17, 15) is 21.6 Å². The molecule has 0 unspecified atom stereocenters. The number of rotatable bonds is 7. The number of likely N-dealkylation sites (tertiary alicyclic amines) is 1. The van der Waals surface area contributed by atoms with Crippen molar-refractivity contribution in [2.45, 2.75) is 47.2 Å². The molecule has 0 amide bonds. The predicted molar refractivity (Wildman–Crippen MR) is 140 cm³/mol. The standard InChI is InChI=1S/C26H26ClF3N2O3S2/c1-16-5-4-6-17(2)25(16)36-20-8-10-24(22(27)14-20)37(33,34)31-18-7-9-21(26(28,29)30)23(13-18)35-19-11-12-32(3)15-19/h4-10,13-14,19,31H,11-12,15H2,1-3H3/t19-/m1/s1.